The number of methoxy groups -OCH3 is 1. The molecule has 0 aliphatic heterocycles. The molecule has 0 unspecified atom stereocenters. The summed E-state index contributed by atoms with van der Waals surface area (Å²) in [7, 11) is -0.796. The Morgan fingerprint density at radius 1 is 1.09 bits per heavy atom. The first kappa shape index (κ1) is 17.5. The van der Waals surface area contributed by atoms with Gasteiger partial charge in [-0.15, -0.1) is 0 Å². The Morgan fingerprint density at radius 2 is 1.65 bits per heavy atom. The molecule has 2 aromatic carbocycles. The average molecular weight is 354 g/mol. The zero-order valence-corrected chi connectivity index (χ0v) is 14.3. The Labute approximate surface area is 140 Å². The number of ether oxygens (including phenoxy) is 1. The van der Waals surface area contributed by atoms with Crippen molar-refractivity contribution in [2.24, 2.45) is 0 Å². The minimum Gasteiger partial charge on any atom is -0.465 e. The van der Waals surface area contributed by atoms with Crippen LogP contribution in [0, 0.1) is 0 Å². The van der Waals surface area contributed by atoms with Crippen molar-refractivity contribution in [3.05, 3.63) is 64.7 Å². The Balaban J connectivity index is 2.16. The Kier molecular flexibility index (Phi) is 5.41. The third kappa shape index (κ3) is 4.10. The van der Waals surface area contributed by atoms with Gasteiger partial charge in [-0.1, -0.05) is 23.7 Å². The van der Waals surface area contributed by atoms with Crippen LogP contribution >= 0.6 is 11.6 Å². The second-order valence-electron chi connectivity index (χ2n) is 4.90. The topological polar surface area (TPSA) is 63.7 Å². The highest BCUT2D eigenvalue weighted by Crippen LogP contribution is 2.19. The molecule has 0 radical (unpaired) electrons. The molecule has 0 aromatic heterocycles. The number of nitrogens with zero attached hydrogens (tertiary/aromatic N) is 1. The van der Waals surface area contributed by atoms with Gasteiger partial charge in [-0.05, 0) is 42.0 Å². The lowest BCUT2D eigenvalue weighted by Gasteiger charge is -2.17. The summed E-state index contributed by atoms with van der Waals surface area (Å²) in [6.45, 7) is 0.187. The molecule has 0 aliphatic carbocycles. The predicted molar refractivity (Wildman–Crippen MR) is 87.9 cm³/mol. The van der Waals surface area contributed by atoms with Gasteiger partial charge in [0.05, 0.1) is 17.6 Å². The first-order valence-corrected chi connectivity index (χ1v) is 8.55. The normalized spacial score (nSPS) is 11.5. The smallest absolute Gasteiger partial charge is 0.337 e. The van der Waals surface area contributed by atoms with Crippen LogP contribution in [0.1, 0.15) is 15.9 Å². The second-order valence-corrected chi connectivity index (χ2v) is 7.38. The second kappa shape index (κ2) is 7.12. The SMILES string of the molecule is COC(=O)c1ccc(CN(C)S(=O)(=O)c2ccc(Cl)cc2)cc1. The highest BCUT2D eigenvalue weighted by Gasteiger charge is 2.20. The minimum absolute atomic E-state index is 0.176. The summed E-state index contributed by atoms with van der Waals surface area (Å²) in [6, 6.07) is 12.6. The number of carbonyl (C=O) groups excluding carboxylic acids is 1. The molecule has 0 bridgehead atoms. The molecule has 0 aliphatic rings. The van der Waals surface area contributed by atoms with E-state index >= 15 is 0 Å². The summed E-state index contributed by atoms with van der Waals surface area (Å²) in [5, 5.41) is 0.477. The standard InChI is InChI=1S/C16H16ClNO4S/c1-18(23(20,21)15-9-7-14(17)8-10-15)11-12-3-5-13(6-4-12)16(19)22-2/h3-10H,11H2,1-2H3. The van der Waals surface area contributed by atoms with Crippen LogP contribution in [0.5, 0.6) is 0 Å². The number of carbonyl (C=O) groups is 1. The van der Waals surface area contributed by atoms with Crippen LogP contribution in [0.4, 0.5) is 0 Å². The van der Waals surface area contributed by atoms with Crippen molar-refractivity contribution in [3.63, 3.8) is 0 Å². The minimum atomic E-state index is -3.60. The van der Waals surface area contributed by atoms with E-state index in [2.05, 4.69) is 4.74 Å². The number of sulfonamides is 1. The van der Waals surface area contributed by atoms with Crippen LogP contribution in [0.2, 0.25) is 5.02 Å². The monoisotopic (exact) mass is 353 g/mol. The molecule has 2 rings (SSSR count). The lowest BCUT2D eigenvalue weighted by molar-refractivity contribution is 0.0600. The summed E-state index contributed by atoms with van der Waals surface area (Å²) in [5.74, 6) is -0.432. The molecular weight excluding hydrogens is 338 g/mol. The van der Waals surface area contributed by atoms with Gasteiger partial charge in [-0.25, -0.2) is 13.2 Å². The molecule has 5 nitrogen and oxygen atoms in total. The van der Waals surface area contributed by atoms with Crippen molar-refractivity contribution >= 4 is 27.6 Å². The van der Waals surface area contributed by atoms with Gasteiger partial charge in [0.15, 0.2) is 0 Å². The maximum absolute atomic E-state index is 12.5. The molecule has 0 heterocycles. The van der Waals surface area contributed by atoms with Crippen molar-refractivity contribution in [3.8, 4) is 0 Å². The molecular formula is C16H16ClNO4S. The quantitative estimate of drug-likeness (QED) is 0.775. The van der Waals surface area contributed by atoms with Crippen molar-refractivity contribution in [2.45, 2.75) is 11.4 Å². The predicted octanol–water partition coefficient (Wildman–Crippen LogP) is 2.95. The van der Waals surface area contributed by atoms with E-state index in [-0.39, 0.29) is 11.4 Å². The summed E-state index contributed by atoms with van der Waals surface area (Å²) < 4.78 is 30.8. The zero-order valence-electron chi connectivity index (χ0n) is 12.7. The molecule has 0 N–H and O–H groups in total. The molecule has 122 valence electrons. The molecule has 0 atom stereocenters. The summed E-state index contributed by atoms with van der Waals surface area (Å²) in [5.41, 5.74) is 1.18. The van der Waals surface area contributed by atoms with Crippen molar-refractivity contribution < 1.29 is 17.9 Å². The molecule has 0 fully saturated rings. The largest absolute Gasteiger partial charge is 0.465 e. The first-order chi connectivity index (χ1) is 10.8. The van der Waals surface area contributed by atoms with E-state index < -0.39 is 16.0 Å². The number of rotatable bonds is 5. The lowest BCUT2D eigenvalue weighted by Crippen LogP contribution is -2.26. The van der Waals surface area contributed by atoms with Gasteiger partial charge < -0.3 is 4.74 Å². The highest BCUT2D eigenvalue weighted by molar-refractivity contribution is 7.89. The average Bonchev–Trinajstić information content (AvgIpc) is 2.55. The number of hydrogen-bond acceptors (Lipinski definition) is 4. The van der Waals surface area contributed by atoms with Crippen LogP contribution < -0.4 is 0 Å². The fourth-order valence-electron chi connectivity index (χ4n) is 1.99. The molecule has 0 saturated carbocycles. The lowest BCUT2D eigenvalue weighted by atomic mass is 10.1. The van der Waals surface area contributed by atoms with Gasteiger partial charge in [0.2, 0.25) is 10.0 Å². The Hall–Kier alpha value is -1.89. The van der Waals surface area contributed by atoms with Gasteiger partial charge in [-0.3, -0.25) is 0 Å². The van der Waals surface area contributed by atoms with Crippen LogP contribution in [-0.4, -0.2) is 32.8 Å². The Morgan fingerprint density at radius 3 is 2.17 bits per heavy atom. The van der Waals surface area contributed by atoms with Crippen molar-refractivity contribution in [2.75, 3.05) is 14.2 Å². The summed E-state index contributed by atoms with van der Waals surface area (Å²) in [4.78, 5) is 11.6. The van der Waals surface area contributed by atoms with Crippen LogP contribution in [0.15, 0.2) is 53.4 Å². The maximum atomic E-state index is 12.5. The summed E-state index contributed by atoms with van der Waals surface area (Å²) in [6.07, 6.45) is 0. The van der Waals surface area contributed by atoms with E-state index in [9.17, 15) is 13.2 Å². The van der Waals surface area contributed by atoms with Gasteiger partial charge >= 0.3 is 5.97 Å². The van der Waals surface area contributed by atoms with Crippen molar-refractivity contribution in [1.29, 1.82) is 0 Å². The molecule has 0 spiro atoms. The number of halogens is 1. The third-order valence-corrected chi connectivity index (χ3v) is 5.37. The van der Waals surface area contributed by atoms with E-state index in [0.29, 0.717) is 10.6 Å². The first-order valence-electron chi connectivity index (χ1n) is 6.74. The summed E-state index contributed by atoms with van der Waals surface area (Å²) >= 11 is 5.78. The Bertz CT molecular complexity index is 786. The van der Waals surface area contributed by atoms with Crippen molar-refractivity contribution in [1.82, 2.24) is 4.31 Å². The zero-order chi connectivity index (χ0) is 17.0. The van der Waals surface area contributed by atoms with Gasteiger partial charge in [0.25, 0.3) is 0 Å². The van der Waals surface area contributed by atoms with Gasteiger partial charge in [0.1, 0.15) is 0 Å². The molecule has 0 amide bonds. The maximum Gasteiger partial charge on any atom is 0.337 e. The highest BCUT2D eigenvalue weighted by atomic mass is 35.5. The number of esters is 1. The van der Waals surface area contributed by atoms with Gasteiger partial charge in [0, 0.05) is 18.6 Å². The van der Waals surface area contributed by atoms with Crippen LogP contribution in [0.25, 0.3) is 0 Å². The van der Waals surface area contributed by atoms with E-state index in [1.54, 1.807) is 24.3 Å². The van der Waals surface area contributed by atoms with Crippen LogP contribution in [0.3, 0.4) is 0 Å². The molecule has 7 heteroatoms. The van der Waals surface area contributed by atoms with Gasteiger partial charge in [-0.2, -0.15) is 4.31 Å². The molecule has 2 aromatic rings. The van der Waals surface area contributed by atoms with E-state index in [1.165, 1.54) is 42.7 Å². The van der Waals surface area contributed by atoms with Crippen LogP contribution in [-0.2, 0) is 21.3 Å². The van der Waals surface area contributed by atoms with E-state index in [1.807, 2.05) is 0 Å². The third-order valence-electron chi connectivity index (χ3n) is 3.30. The van der Waals surface area contributed by atoms with E-state index in [0.717, 1.165) is 5.56 Å². The fraction of sp³-hybridized carbons (Fsp3) is 0.188. The molecule has 0 saturated heterocycles. The molecule has 23 heavy (non-hydrogen) atoms. The number of benzene rings is 2. The number of hydrogen-bond donors (Lipinski definition) is 0. The fourth-order valence-corrected chi connectivity index (χ4v) is 3.28. The van der Waals surface area contributed by atoms with E-state index in [4.69, 9.17) is 11.6 Å².